The van der Waals surface area contributed by atoms with E-state index in [9.17, 15) is 4.79 Å². The van der Waals surface area contributed by atoms with Crippen LogP contribution in [0.2, 0.25) is 0 Å². The first-order chi connectivity index (χ1) is 8.31. The van der Waals surface area contributed by atoms with Crippen molar-refractivity contribution >= 4 is 22.9 Å². The third-order valence-electron chi connectivity index (χ3n) is 2.78. The van der Waals surface area contributed by atoms with Crippen molar-refractivity contribution in [1.29, 1.82) is 0 Å². The number of nitrogens with one attached hydrogen (secondary N) is 1. The molecule has 0 atom stereocenters. The normalized spacial score (nSPS) is 14.8. The standard InChI is InChI=1S/C12H13N3OS/c16-12(11-2-1-5-17-11)14-10-6-13-15(8-10)7-9-3-4-9/h1-2,5-6,8-9H,3-4,7H2,(H,14,16). The van der Waals surface area contributed by atoms with E-state index in [1.54, 1.807) is 6.20 Å². The number of anilines is 1. The van der Waals surface area contributed by atoms with Gasteiger partial charge in [-0.1, -0.05) is 6.07 Å². The van der Waals surface area contributed by atoms with Crippen LogP contribution in [0.5, 0.6) is 0 Å². The van der Waals surface area contributed by atoms with Gasteiger partial charge < -0.3 is 5.32 Å². The Morgan fingerprint density at radius 1 is 1.59 bits per heavy atom. The molecule has 2 aromatic rings. The number of amides is 1. The van der Waals surface area contributed by atoms with Crippen LogP contribution in [0, 0.1) is 5.92 Å². The zero-order valence-corrected chi connectivity index (χ0v) is 10.1. The Bertz CT molecular complexity index is 514. The number of rotatable bonds is 4. The maximum atomic E-state index is 11.8. The molecule has 3 rings (SSSR count). The topological polar surface area (TPSA) is 46.9 Å². The van der Waals surface area contributed by atoms with E-state index < -0.39 is 0 Å². The second-order valence-electron chi connectivity index (χ2n) is 4.33. The van der Waals surface area contributed by atoms with Gasteiger partial charge in [-0.15, -0.1) is 11.3 Å². The molecular formula is C12H13N3OS. The maximum absolute atomic E-state index is 11.8. The molecule has 0 radical (unpaired) electrons. The van der Waals surface area contributed by atoms with Crippen LogP contribution < -0.4 is 5.32 Å². The van der Waals surface area contributed by atoms with Gasteiger partial charge in [-0.25, -0.2) is 0 Å². The lowest BCUT2D eigenvalue weighted by atomic mass is 10.4. The number of carbonyl (C=O) groups excluding carboxylic acids is 1. The van der Waals surface area contributed by atoms with Crippen molar-refractivity contribution in [1.82, 2.24) is 9.78 Å². The fraction of sp³-hybridized carbons (Fsp3) is 0.333. The largest absolute Gasteiger partial charge is 0.319 e. The van der Waals surface area contributed by atoms with Crippen molar-refractivity contribution < 1.29 is 4.79 Å². The zero-order valence-electron chi connectivity index (χ0n) is 9.30. The van der Waals surface area contributed by atoms with E-state index in [-0.39, 0.29) is 5.91 Å². The van der Waals surface area contributed by atoms with Crippen molar-refractivity contribution in [3.05, 3.63) is 34.8 Å². The van der Waals surface area contributed by atoms with Crippen molar-refractivity contribution in [2.45, 2.75) is 19.4 Å². The second-order valence-corrected chi connectivity index (χ2v) is 5.27. The Labute approximate surface area is 103 Å². The monoisotopic (exact) mass is 247 g/mol. The highest BCUT2D eigenvalue weighted by molar-refractivity contribution is 7.12. The first-order valence-electron chi connectivity index (χ1n) is 5.68. The maximum Gasteiger partial charge on any atom is 0.265 e. The second kappa shape index (κ2) is 4.33. The molecule has 0 aliphatic heterocycles. The van der Waals surface area contributed by atoms with Crippen LogP contribution in [0.4, 0.5) is 5.69 Å². The van der Waals surface area contributed by atoms with E-state index in [1.165, 1.54) is 24.2 Å². The van der Waals surface area contributed by atoms with Crippen molar-refractivity contribution in [3.63, 3.8) is 0 Å². The Kier molecular flexibility index (Phi) is 2.68. The number of hydrogen-bond donors (Lipinski definition) is 1. The number of hydrogen-bond acceptors (Lipinski definition) is 3. The summed E-state index contributed by atoms with van der Waals surface area (Å²) >= 11 is 1.44. The van der Waals surface area contributed by atoms with Gasteiger partial charge in [0.2, 0.25) is 0 Å². The van der Waals surface area contributed by atoms with E-state index in [1.807, 2.05) is 28.4 Å². The molecule has 4 nitrogen and oxygen atoms in total. The van der Waals surface area contributed by atoms with Crippen molar-refractivity contribution in [2.24, 2.45) is 5.92 Å². The predicted molar refractivity (Wildman–Crippen MR) is 67.2 cm³/mol. The Hall–Kier alpha value is -1.62. The summed E-state index contributed by atoms with van der Waals surface area (Å²) in [5.74, 6) is 0.724. The molecule has 0 spiro atoms. The molecule has 88 valence electrons. The molecule has 1 aliphatic carbocycles. The van der Waals surface area contributed by atoms with Crippen LogP contribution in [0.25, 0.3) is 0 Å². The Balaban J connectivity index is 1.64. The van der Waals surface area contributed by atoms with Gasteiger partial charge in [0.15, 0.2) is 0 Å². The number of thiophene rings is 1. The fourth-order valence-corrected chi connectivity index (χ4v) is 2.31. The van der Waals surface area contributed by atoms with Gasteiger partial charge in [0.05, 0.1) is 16.8 Å². The van der Waals surface area contributed by atoms with Gasteiger partial charge in [0.25, 0.3) is 5.91 Å². The molecule has 0 bridgehead atoms. The summed E-state index contributed by atoms with van der Waals surface area (Å²) in [5.41, 5.74) is 0.768. The molecule has 0 aromatic carbocycles. The highest BCUT2D eigenvalue weighted by atomic mass is 32.1. The highest BCUT2D eigenvalue weighted by Crippen LogP contribution is 2.30. The molecule has 1 saturated carbocycles. The minimum absolute atomic E-state index is 0.0639. The summed E-state index contributed by atoms with van der Waals surface area (Å²) in [7, 11) is 0. The molecule has 1 amide bonds. The number of aromatic nitrogens is 2. The van der Waals surface area contributed by atoms with Crippen LogP contribution in [-0.2, 0) is 6.54 Å². The molecule has 1 aliphatic rings. The first-order valence-corrected chi connectivity index (χ1v) is 6.56. The van der Waals surface area contributed by atoms with E-state index in [0.29, 0.717) is 0 Å². The van der Waals surface area contributed by atoms with Gasteiger partial charge >= 0.3 is 0 Å². The predicted octanol–water partition coefficient (Wildman–Crippen LogP) is 2.61. The highest BCUT2D eigenvalue weighted by Gasteiger charge is 2.22. The average Bonchev–Trinajstić information content (AvgIpc) is 2.83. The summed E-state index contributed by atoms with van der Waals surface area (Å²) in [6.07, 6.45) is 6.20. The first kappa shape index (κ1) is 10.5. The average molecular weight is 247 g/mol. The van der Waals surface area contributed by atoms with E-state index >= 15 is 0 Å². The van der Waals surface area contributed by atoms with Gasteiger partial charge in [-0.2, -0.15) is 5.10 Å². The van der Waals surface area contributed by atoms with Gasteiger partial charge in [0.1, 0.15) is 0 Å². The number of nitrogens with zero attached hydrogens (tertiary/aromatic N) is 2. The van der Waals surface area contributed by atoms with E-state index in [0.717, 1.165) is 23.0 Å². The van der Waals surface area contributed by atoms with Crippen LogP contribution >= 0.6 is 11.3 Å². The smallest absolute Gasteiger partial charge is 0.265 e. The lowest BCUT2D eigenvalue weighted by Crippen LogP contribution is -2.09. The molecule has 5 heteroatoms. The van der Waals surface area contributed by atoms with Crippen LogP contribution in [0.3, 0.4) is 0 Å². The third kappa shape index (κ3) is 2.55. The molecule has 2 heterocycles. The van der Waals surface area contributed by atoms with E-state index in [4.69, 9.17) is 0 Å². The molecule has 17 heavy (non-hydrogen) atoms. The summed E-state index contributed by atoms with van der Waals surface area (Å²) in [6.45, 7) is 0.967. The van der Waals surface area contributed by atoms with Crippen LogP contribution in [-0.4, -0.2) is 15.7 Å². The van der Waals surface area contributed by atoms with E-state index in [2.05, 4.69) is 10.4 Å². The van der Waals surface area contributed by atoms with Crippen LogP contribution in [0.1, 0.15) is 22.5 Å². The Morgan fingerprint density at radius 2 is 2.47 bits per heavy atom. The molecule has 1 fully saturated rings. The zero-order chi connectivity index (χ0) is 11.7. The lowest BCUT2D eigenvalue weighted by molar-refractivity contribution is 0.103. The van der Waals surface area contributed by atoms with Gasteiger partial charge in [-0.3, -0.25) is 9.48 Å². The van der Waals surface area contributed by atoms with Gasteiger partial charge in [-0.05, 0) is 30.2 Å². The number of carbonyl (C=O) groups is 1. The molecule has 0 unspecified atom stereocenters. The molecule has 1 N–H and O–H groups in total. The molecule has 2 aromatic heterocycles. The Morgan fingerprint density at radius 3 is 3.18 bits per heavy atom. The summed E-state index contributed by atoms with van der Waals surface area (Å²) in [4.78, 5) is 12.5. The van der Waals surface area contributed by atoms with Crippen molar-refractivity contribution in [2.75, 3.05) is 5.32 Å². The third-order valence-corrected chi connectivity index (χ3v) is 3.65. The minimum Gasteiger partial charge on any atom is -0.319 e. The van der Waals surface area contributed by atoms with Gasteiger partial charge in [0, 0.05) is 12.7 Å². The minimum atomic E-state index is -0.0639. The summed E-state index contributed by atoms with van der Waals surface area (Å²) in [6, 6.07) is 3.69. The molecular weight excluding hydrogens is 234 g/mol. The summed E-state index contributed by atoms with van der Waals surface area (Å²) < 4.78 is 1.90. The lowest BCUT2D eigenvalue weighted by Gasteiger charge is -1.99. The molecule has 0 saturated heterocycles. The van der Waals surface area contributed by atoms with Crippen molar-refractivity contribution in [3.8, 4) is 0 Å². The van der Waals surface area contributed by atoms with Crippen LogP contribution in [0.15, 0.2) is 29.9 Å². The SMILES string of the molecule is O=C(Nc1cnn(CC2CC2)c1)c1cccs1. The quantitative estimate of drug-likeness (QED) is 0.902. The fourth-order valence-electron chi connectivity index (χ4n) is 1.69. The summed E-state index contributed by atoms with van der Waals surface area (Å²) in [5, 5.41) is 8.98.